The fraction of sp³-hybridized carbons (Fsp3) is 0.333. The zero-order valence-corrected chi connectivity index (χ0v) is 15.9. The number of anilines is 1. The number of amides is 2. The molecular weight excluding hydrogens is 326 g/mol. The summed E-state index contributed by atoms with van der Waals surface area (Å²) >= 11 is 0. The summed E-state index contributed by atoms with van der Waals surface area (Å²) in [6.07, 6.45) is 0.881. The zero-order chi connectivity index (χ0) is 19.1. The van der Waals surface area contributed by atoms with Crippen LogP contribution in [0, 0.1) is 13.8 Å². The molecule has 2 N–H and O–H groups in total. The molecule has 0 bridgehead atoms. The topological polar surface area (TPSA) is 61.4 Å². The molecule has 0 heterocycles. The third-order valence-electron chi connectivity index (χ3n) is 4.08. The molecule has 2 aromatic carbocycles. The van der Waals surface area contributed by atoms with E-state index in [2.05, 4.69) is 15.5 Å². The van der Waals surface area contributed by atoms with E-state index < -0.39 is 0 Å². The van der Waals surface area contributed by atoms with E-state index in [1.165, 1.54) is 0 Å². The standard InChI is InChI=1S/C21H27N3O2/c1-15-9-10-19(16(2)13-15)23-21(26)18-8-5-7-17(14-18)20(25)22-11-6-12-24(3)4/h5,7-10,13-14H,6,11-12H2,1-4H3,(H,22,25)(H,23,26). The average molecular weight is 353 g/mol. The maximum atomic E-state index is 12.5. The Morgan fingerprint density at radius 2 is 1.65 bits per heavy atom. The van der Waals surface area contributed by atoms with Crippen LogP contribution in [-0.4, -0.2) is 43.9 Å². The molecule has 5 nitrogen and oxygen atoms in total. The van der Waals surface area contributed by atoms with Gasteiger partial charge in [-0.25, -0.2) is 0 Å². The smallest absolute Gasteiger partial charge is 0.255 e. The highest BCUT2D eigenvalue weighted by Crippen LogP contribution is 2.17. The first-order valence-electron chi connectivity index (χ1n) is 8.78. The Balaban J connectivity index is 2.01. The highest BCUT2D eigenvalue weighted by molar-refractivity contribution is 6.06. The SMILES string of the molecule is Cc1ccc(NC(=O)c2cccc(C(=O)NCCCN(C)C)c2)c(C)c1. The fourth-order valence-corrected chi connectivity index (χ4v) is 2.65. The van der Waals surface area contributed by atoms with Gasteiger partial charge in [-0.05, 0) is 70.7 Å². The summed E-state index contributed by atoms with van der Waals surface area (Å²) in [4.78, 5) is 26.8. The van der Waals surface area contributed by atoms with E-state index in [9.17, 15) is 9.59 Å². The lowest BCUT2D eigenvalue weighted by atomic mass is 10.1. The second-order valence-electron chi connectivity index (χ2n) is 6.77. The lowest BCUT2D eigenvalue weighted by Gasteiger charge is -2.11. The van der Waals surface area contributed by atoms with Gasteiger partial charge in [-0.1, -0.05) is 23.8 Å². The predicted molar refractivity (Wildman–Crippen MR) is 106 cm³/mol. The van der Waals surface area contributed by atoms with Crippen LogP contribution < -0.4 is 10.6 Å². The Kier molecular flexibility index (Phi) is 6.92. The first-order valence-corrected chi connectivity index (χ1v) is 8.78. The average Bonchev–Trinajstić information content (AvgIpc) is 2.60. The van der Waals surface area contributed by atoms with Crippen LogP contribution in [0.3, 0.4) is 0 Å². The van der Waals surface area contributed by atoms with Crippen molar-refractivity contribution in [3.8, 4) is 0 Å². The zero-order valence-electron chi connectivity index (χ0n) is 15.9. The molecule has 0 atom stereocenters. The Hall–Kier alpha value is -2.66. The summed E-state index contributed by atoms with van der Waals surface area (Å²) in [6.45, 7) is 5.49. The van der Waals surface area contributed by atoms with E-state index >= 15 is 0 Å². The van der Waals surface area contributed by atoms with E-state index in [1.807, 2.05) is 46.1 Å². The lowest BCUT2D eigenvalue weighted by Crippen LogP contribution is -2.27. The molecule has 26 heavy (non-hydrogen) atoms. The summed E-state index contributed by atoms with van der Waals surface area (Å²) in [5.74, 6) is -0.385. The number of aryl methyl sites for hydroxylation is 2. The van der Waals surface area contributed by atoms with Crippen molar-refractivity contribution in [3.05, 3.63) is 64.7 Å². The van der Waals surface area contributed by atoms with Crippen molar-refractivity contribution in [1.29, 1.82) is 0 Å². The van der Waals surface area contributed by atoms with Crippen molar-refractivity contribution >= 4 is 17.5 Å². The molecule has 0 unspecified atom stereocenters. The Bertz CT molecular complexity index is 785. The Labute approximate surface area is 155 Å². The number of hydrogen-bond donors (Lipinski definition) is 2. The molecular formula is C21H27N3O2. The number of rotatable bonds is 7. The Morgan fingerprint density at radius 3 is 2.31 bits per heavy atom. The molecule has 5 heteroatoms. The van der Waals surface area contributed by atoms with Crippen LogP contribution in [0.2, 0.25) is 0 Å². The van der Waals surface area contributed by atoms with Gasteiger partial charge in [-0.15, -0.1) is 0 Å². The first kappa shape index (κ1) is 19.7. The molecule has 2 aromatic rings. The van der Waals surface area contributed by atoms with Crippen molar-refractivity contribution in [2.24, 2.45) is 0 Å². The molecule has 2 rings (SSSR count). The number of benzene rings is 2. The van der Waals surface area contributed by atoms with Gasteiger partial charge in [0.15, 0.2) is 0 Å². The van der Waals surface area contributed by atoms with Crippen molar-refractivity contribution in [3.63, 3.8) is 0 Å². The molecule has 0 saturated heterocycles. The quantitative estimate of drug-likeness (QED) is 0.751. The van der Waals surface area contributed by atoms with Gasteiger partial charge in [0.05, 0.1) is 0 Å². The molecule has 0 aromatic heterocycles. The summed E-state index contributed by atoms with van der Waals surface area (Å²) in [6, 6.07) is 12.7. The molecule has 0 fully saturated rings. The van der Waals surface area contributed by atoms with E-state index in [-0.39, 0.29) is 11.8 Å². The number of nitrogens with one attached hydrogen (secondary N) is 2. The minimum atomic E-state index is -0.223. The van der Waals surface area contributed by atoms with Gasteiger partial charge in [0.2, 0.25) is 0 Å². The lowest BCUT2D eigenvalue weighted by molar-refractivity contribution is 0.0952. The molecule has 2 amide bonds. The fourth-order valence-electron chi connectivity index (χ4n) is 2.65. The van der Waals surface area contributed by atoms with Crippen molar-refractivity contribution in [2.45, 2.75) is 20.3 Å². The van der Waals surface area contributed by atoms with Crippen LogP contribution in [0.1, 0.15) is 38.3 Å². The van der Waals surface area contributed by atoms with Crippen LogP contribution in [0.5, 0.6) is 0 Å². The maximum absolute atomic E-state index is 12.5. The number of carbonyl (C=O) groups excluding carboxylic acids is 2. The molecule has 0 saturated carbocycles. The van der Waals surface area contributed by atoms with Gasteiger partial charge in [0.25, 0.3) is 11.8 Å². The third kappa shape index (κ3) is 5.70. The molecule has 0 radical (unpaired) electrons. The van der Waals surface area contributed by atoms with Crippen LogP contribution in [0.15, 0.2) is 42.5 Å². The van der Waals surface area contributed by atoms with Crippen molar-refractivity contribution in [2.75, 3.05) is 32.5 Å². The monoisotopic (exact) mass is 353 g/mol. The van der Waals surface area contributed by atoms with E-state index in [1.54, 1.807) is 24.3 Å². The highest BCUT2D eigenvalue weighted by atomic mass is 16.2. The van der Waals surface area contributed by atoms with E-state index in [0.29, 0.717) is 17.7 Å². The number of nitrogens with zero attached hydrogens (tertiary/aromatic N) is 1. The summed E-state index contributed by atoms with van der Waals surface area (Å²) in [5, 5.41) is 5.80. The van der Waals surface area contributed by atoms with Gasteiger partial charge in [-0.2, -0.15) is 0 Å². The van der Waals surface area contributed by atoms with Crippen LogP contribution in [0.25, 0.3) is 0 Å². The minimum Gasteiger partial charge on any atom is -0.352 e. The minimum absolute atomic E-state index is 0.162. The van der Waals surface area contributed by atoms with Crippen LogP contribution in [-0.2, 0) is 0 Å². The molecule has 0 spiro atoms. The summed E-state index contributed by atoms with van der Waals surface area (Å²) in [7, 11) is 4.00. The normalized spacial score (nSPS) is 10.7. The second-order valence-corrected chi connectivity index (χ2v) is 6.77. The van der Waals surface area contributed by atoms with Gasteiger partial charge in [-0.3, -0.25) is 9.59 Å². The molecule has 0 aliphatic heterocycles. The summed E-state index contributed by atoms with van der Waals surface area (Å²) < 4.78 is 0. The van der Waals surface area contributed by atoms with E-state index in [0.717, 1.165) is 29.8 Å². The largest absolute Gasteiger partial charge is 0.352 e. The summed E-state index contributed by atoms with van der Waals surface area (Å²) in [5.41, 5.74) is 3.88. The van der Waals surface area contributed by atoms with Crippen molar-refractivity contribution < 1.29 is 9.59 Å². The molecule has 0 aliphatic carbocycles. The maximum Gasteiger partial charge on any atom is 0.255 e. The predicted octanol–water partition coefficient (Wildman–Crippen LogP) is 3.24. The van der Waals surface area contributed by atoms with Crippen LogP contribution in [0.4, 0.5) is 5.69 Å². The molecule has 0 aliphatic rings. The number of hydrogen-bond acceptors (Lipinski definition) is 3. The van der Waals surface area contributed by atoms with Crippen molar-refractivity contribution in [1.82, 2.24) is 10.2 Å². The Morgan fingerprint density at radius 1 is 0.962 bits per heavy atom. The van der Waals surface area contributed by atoms with Gasteiger partial charge < -0.3 is 15.5 Å². The number of carbonyl (C=O) groups is 2. The highest BCUT2D eigenvalue weighted by Gasteiger charge is 2.11. The van der Waals surface area contributed by atoms with Gasteiger partial charge in [0.1, 0.15) is 0 Å². The van der Waals surface area contributed by atoms with Crippen LogP contribution >= 0.6 is 0 Å². The third-order valence-corrected chi connectivity index (χ3v) is 4.08. The molecule has 138 valence electrons. The second kappa shape index (κ2) is 9.15. The van der Waals surface area contributed by atoms with Gasteiger partial charge in [0, 0.05) is 23.4 Å². The van der Waals surface area contributed by atoms with E-state index in [4.69, 9.17) is 0 Å². The first-order chi connectivity index (χ1) is 12.4. The van der Waals surface area contributed by atoms with Gasteiger partial charge >= 0.3 is 0 Å².